The summed E-state index contributed by atoms with van der Waals surface area (Å²) in [6.07, 6.45) is -2.21. The predicted octanol–water partition coefficient (Wildman–Crippen LogP) is 2.87. The second-order valence-electron chi connectivity index (χ2n) is 12.5. The highest BCUT2D eigenvalue weighted by molar-refractivity contribution is 7.54. The molecule has 2 saturated heterocycles. The molecule has 2 aliphatic rings. The molecule has 0 saturated carbocycles. The molecule has 0 aliphatic carbocycles. The van der Waals surface area contributed by atoms with Gasteiger partial charge in [0.15, 0.2) is 29.1 Å². The third-order valence-electron chi connectivity index (χ3n) is 7.70. The number of rotatable bonds is 17. The zero-order valence-corrected chi connectivity index (χ0v) is 29.4. The fourth-order valence-electron chi connectivity index (χ4n) is 5.71. The van der Waals surface area contributed by atoms with Gasteiger partial charge in [-0.25, -0.2) is 20.0 Å². The number of imidazole rings is 1. The molecule has 0 radical (unpaired) electrons. The number of nitrogens with zero attached hydrogens (tertiary/aromatic N) is 4. The van der Waals surface area contributed by atoms with Crippen LogP contribution in [-0.4, -0.2) is 94.4 Å². The summed E-state index contributed by atoms with van der Waals surface area (Å²) in [5, 5.41) is 5.63. The average Bonchev–Trinajstić information content (AvgIpc) is 3.63. The minimum absolute atomic E-state index is 0.00645. The Hall–Kier alpha value is -3.57. The van der Waals surface area contributed by atoms with Crippen LogP contribution in [0.1, 0.15) is 67.5 Å². The Kier molecular flexibility index (Phi) is 11.9. The van der Waals surface area contributed by atoms with Crippen LogP contribution in [-0.2, 0) is 42.4 Å². The molecule has 18 nitrogen and oxygen atoms in total. The number of nitrogens with one attached hydrogen (secondary N) is 2. The molecule has 0 spiro atoms. The zero-order valence-electron chi connectivity index (χ0n) is 28.5. The van der Waals surface area contributed by atoms with Crippen LogP contribution < -0.4 is 20.6 Å². The quantitative estimate of drug-likeness (QED) is 0.122. The molecule has 268 valence electrons. The molecule has 0 bridgehead atoms. The number of esters is 2. The van der Waals surface area contributed by atoms with Crippen molar-refractivity contribution >= 4 is 42.9 Å². The summed E-state index contributed by atoms with van der Waals surface area (Å²) in [6, 6.07) is -2.12. The second kappa shape index (κ2) is 15.3. The summed E-state index contributed by atoms with van der Waals surface area (Å²) in [6.45, 7) is 12.3. The van der Waals surface area contributed by atoms with Crippen LogP contribution >= 0.6 is 7.67 Å². The van der Waals surface area contributed by atoms with E-state index in [4.69, 9.17) is 38.7 Å². The van der Waals surface area contributed by atoms with Crippen LogP contribution in [0.15, 0.2) is 6.33 Å². The SMILES string of the molecule is CCOC(=O)C(CC(C)C)NP(=O)(NC(CC(C)C)C(=O)OCC)OC[C@H]1O[C@@H](n2cnc3c(OC)nc(N)nc32)[C@]2(C)OC(=O)O[C@H]12. The van der Waals surface area contributed by atoms with Crippen molar-refractivity contribution < 1.29 is 51.9 Å². The number of methoxy groups -OCH3 is 1. The molecule has 2 aromatic rings. The van der Waals surface area contributed by atoms with E-state index in [0.717, 1.165) is 0 Å². The first-order chi connectivity index (χ1) is 22.6. The number of carbonyl (C=O) groups excluding carboxylic acids is 3. The molecule has 19 heteroatoms. The Balaban J connectivity index is 1.68. The summed E-state index contributed by atoms with van der Waals surface area (Å²) in [5.41, 5.74) is 5.00. The highest BCUT2D eigenvalue weighted by Gasteiger charge is 2.64. The molecule has 4 N–H and O–H groups in total. The molecular formula is C29H46N7O11P. The Bertz CT molecular complexity index is 1480. The lowest BCUT2D eigenvalue weighted by atomic mass is 9.96. The minimum Gasteiger partial charge on any atom is -0.479 e. The number of nitrogen functional groups attached to an aromatic ring is 1. The van der Waals surface area contributed by atoms with Crippen molar-refractivity contribution in [3.8, 4) is 5.88 Å². The number of fused-ring (bicyclic) bond motifs is 2. The van der Waals surface area contributed by atoms with Gasteiger partial charge in [-0.1, -0.05) is 27.7 Å². The normalized spacial score (nSPS) is 24.5. The Morgan fingerprint density at radius 1 is 1.06 bits per heavy atom. The van der Waals surface area contributed by atoms with Crippen LogP contribution in [0, 0.1) is 11.8 Å². The number of anilines is 1. The summed E-state index contributed by atoms with van der Waals surface area (Å²) in [5.74, 6) is -1.25. The Labute approximate surface area is 278 Å². The van der Waals surface area contributed by atoms with Crippen molar-refractivity contribution in [2.75, 3.05) is 32.7 Å². The Morgan fingerprint density at radius 3 is 2.17 bits per heavy atom. The van der Waals surface area contributed by atoms with Crippen LogP contribution in [0.4, 0.5) is 10.7 Å². The molecule has 4 heterocycles. The summed E-state index contributed by atoms with van der Waals surface area (Å²) in [4.78, 5) is 51.1. The zero-order chi connectivity index (χ0) is 35.4. The van der Waals surface area contributed by atoms with Gasteiger partial charge < -0.3 is 38.7 Å². The second-order valence-corrected chi connectivity index (χ2v) is 14.4. The van der Waals surface area contributed by atoms with E-state index in [2.05, 4.69) is 25.1 Å². The molecule has 0 amide bonds. The fourth-order valence-corrected chi connectivity index (χ4v) is 7.53. The maximum absolute atomic E-state index is 14.7. The highest BCUT2D eigenvalue weighted by atomic mass is 31.2. The first kappa shape index (κ1) is 37.3. The van der Waals surface area contributed by atoms with Crippen LogP contribution in [0.25, 0.3) is 11.2 Å². The summed E-state index contributed by atoms with van der Waals surface area (Å²) in [7, 11) is -2.89. The number of nitrogens with two attached hydrogens (primary N) is 1. The first-order valence-corrected chi connectivity index (χ1v) is 17.5. The van der Waals surface area contributed by atoms with E-state index >= 15 is 0 Å². The number of aromatic nitrogens is 4. The van der Waals surface area contributed by atoms with Gasteiger partial charge in [-0.15, -0.1) is 0 Å². The van der Waals surface area contributed by atoms with Gasteiger partial charge in [-0.3, -0.25) is 18.7 Å². The van der Waals surface area contributed by atoms with E-state index in [-0.39, 0.29) is 60.9 Å². The summed E-state index contributed by atoms with van der Waals surface area (Å²) >= 11 is 0. The molecule has 48 heavy (non-hydrogen) atoms. The van der Waals surface area contributed by atoms with E-state index in [1.54, 1.807) is 20.8 Å². The maximum atomic E-state index is 14.7. The van der Waals surface area contributed by atoms with Crippen LogP contribution in [0.5, 0.6) is 5.88 Å². The third kappa shape index (κ3) is 8.17. The van der Waals surface area contributed by atoms with Crippen molar-refractivity contribution in [3.63, 3.8) is 0 Å². The summed E-state index contributed by atoms with van der Waals surface area (Å²) < 4.78 is 55.5. The predicted molar refractivity (Wildman–Crippen MR) is 170 cm³/mol. The Morgan fingerprint density at radius 2 is 1.65 bits per heavy atom. The highest BCUT2D eigenvalue weighted by Crippen LogP contribution is 2.49. The lowest BCUT2D eigenvalue weighted by molar-refractivity contribution is -0.146. The lowest BCUT2D eigenvalue weighted by Gasteiger charge is -2.30. The van der Waals surface area contributed by atoms with Crippen molar-refractivity contribution in [2.24, 2.45) is 11.8 Å². The minimum atomic E-state index is -4.30. The van der Waals surface area contributed by atoms with E-state index < -0.39 is 68.5 Å². The number of hydrogen-bond donors (Lipinski definition) is 3. The van der Waals surface area contributed by atoms with Crippen molar-refractivity contribution in [1.29, 1.82) is 0 Å². The maximum Gasteiger partial charge on any atom is 0.509 e. The van der Waals surface area contributed by atoms with E-state index in [1.807, 2.05) is 27.7 Å². The van der Waals surface area contributed by atoms with Gasteiger partial charge in [0.25, 0.3) is 0 Å². The van der Waals surface area contributed by atoms with E-state index in [0.29, 0.717) is 0 Å². The van der Waals surface area contributed by atoms with Crippen molar-refractivity contribution in [1.82, 2.24) is 29.7 Å². The third-order valence-corrected chi connectivity index (χ3v) is 9.52. The fraction of sp³-hybridized carbons (Fsp3) is 0.724. The molecule has 2 fully saturated rings. The van der Waals surface area contributed by atoms with Crippen LogP contribution in [0.3, 0.4) is 0 Å². The lowest BCUT2D eigenvalue weighted by Crippen LogP contribution is -2.46. The smallest absolute Gasteiger partial charge is 0.479 e. The van der Waals surface area contributed by atoms with E-state index in [1.165, 1.54) is 18.0 Å². The largest absolute Gasteiger partial charge is 0.509 e. The number of ether oxygens (including phenoxy) is 6. The topological polar surface area (TPSA) is 227 Å². The van der Waals surface area contributed by atoms with Crippen LogP contribution in [0.2, 0.25) is 0 Å². The van der Waals surface area contributed by atoms with Crippen molar-refractivity contribution in [3.05, 3.63) is 6.33 Å². The van der Waals surface area contributed by atoms with Gasteiger partial charge >= 0.3 is 25.8 Å². The van der Waals surface area contributed by atoms with Gasteiger partial charge in [-0.05, 0) is 45.4 Å². The van der Waals surface area contributed by atoms with Gasteiger partial charge in [0, 0.05) is 0 Å². The van der Waals surface area contributed by atoms with Gasteiger partial charge in [0.1, 0.15) is 18.2 Å². The van der Waals surface area contributed by atoms with Gasteiger partial charge in [0.2, 0.25) is 11.8 Å². The molecule has 2 unspecified atom stereocenters. The first-order valence-electron chi connectivity index (χ1n) is 15.9. The number of hydrogen-bond acceptors (Lipinski definition) is 15. The molecular weight excluding hydrogens is 653 g/mol. The molecule has 2 aromatic heterocycles. The monoisotopic (exact) mass is 699 g/mol. The molecule has 4 rings (SSSR count). The molecule has 0 aromatic carbocycles. The van der Waals surface area contributed by atoms with Gasteiger partial charge in [-0.2, -0.15) is 9.97 Å². The number of carbonyl (C=O) groups is 3. The van der Waals surface area contributed by atoms with E-state index in [9.17, 15) is 18.9 Å². The molecule has 6 atom stereocenters. The standard InChI is InChI=1S/C29H46N7O11P/c1-9-42-24(37)17(11-15(3)4)34-48(40,35-18(12-16(5)6)25(38)43-10-2)44-13-19-21-29(7,47-28(39)46-21)26(45-19)36-14-31-20-22(36)32-27(30)33-23(20)41-8/h14-19,21,26H,9-13H2,1-8H3,(H2,30,32,33)(H2,34,35,40)/t17?,18?,19-,21-,26-,29-,48?/m1/s1. The molecule has 2 aliphatic heterocycles. The van der Waals surface area contributed by atoms with Gasteiger partial charge in [0.05, 0.1) is 33.3 Å². The average molecular weight is 700 g/mol. The van der Waals surface area contributed by atoms with Crippen molar-refractivity contribution in [2.45, 2.75) is 97.4 Å².